The fourth-order valence-electron chi connectivity index (χ4n) is 1.70. The monoisotopic (exact) mass is 376 g/mol. The summed E-state index contributed by atoms with van der Waals surface area (Å²) in [6, 6.07) is 0.122. The van der Waals surface area contributed by atoms with E-state index >= 15 is 0 Å². The fraction of sp³-hybridized carbons (Fsp3) is 0.714. The van der Waals surface area contributed by atoms with Crippen LogP contribution in [-0.2, 0) is 9.59 Å². The summed E-state index contributed by atoms with van der Waals surface area (Å²) in [5.74, 6) is 0.463. The number of carbonyl (C=O) groups excluding carboxylic acids is 2. The maximum Gasteiger partial charge on any atom is 0.233 e. The van der Waals surface area contributed by atoms with Gasteiger partial charge in [-0.15, -0.1) is 10.2 Å². The Kier molecular flexibility index (Phi) is 8.93. The van der Waals surface area contributed by atoms with Gasteiger partial charge in [0.2, 0.25) is 11.8 Å². The molecule has 9 heteroatoms. The van der Waals surface area contributed by atoms with E-state index in [0.29, 0.717) is 5.75 Å². The smallest absolute Gasteiger partial charge is 0.233 e. The summed E-state index contributed by atoms with van der Waals surface area (Å²) < 4.78 is 1.50. The molecule has 23 heavy (non-hydrogen) atoms. The van der Waals surface area contributed by atoms with Crippen LogP contribution in [0.4, 0.5) is 0 Å². The van der Waals surface area contributed by atoms with Gasteiger partial charge in [-0.2, -0.15) is 0 Å². The molecule has 0 fully saturated rings. The van der Waals surface area contributed by atoms with Gasteiger partial charge < -0.3 is 10.2 Å². The molecule has 0 saturated heterocycles. The van der Waals surface area contributed by atoms with Crippen LogP contribution in [0.25, 0.3) is 0 Å². The van der Waals surface area contributed by atoms with Crippen molar-refractivity contribution in [1.29, 1.82) is 0 Å². The van der Waals surface area contributed by atoms with Crippen LogP contribution in [0.3, 0.4) is 0 Å². The SMILES string of the molecule is CCN(CC)C(=O)CSc1nnc(SC(C)C(=O)NC(C)C)s1. The third kappa shape index (κ3) is 7.09. The first-order chi connectivity index (χ1) is 10.9. The highest BCUT2D eigenvalue weighted by Gasteiger charge is 2.18. The van der Waals surface area contributed by atoms with Crippen LogP contribution >= 0.6 is 34.9 Å². The Balaban J connectivity index is 2.48. The molecular weight excluding hydrogens is 352 g/mol. The van der Waals surface area contributed by atoms with Crippen LogP contribution in [-0.4, -0.2) is 57.0 Å². The van der Waals surface area contributed by atoms with Crippen LogP contribution in [0.5, 0.6) is 0 Å². The third-order valence-electron chi connectivity index (χ3n) is 2.90. The minimum Gasteiger partial charge on any atom is -0.353 e. The topological polar surface area (TPSA) is 75.2 Å². The van der Waals surface area contributed by atoms with E-state index in [0.717, 1.165) is 21.8 Å². The highest BCUT2D eigenvalue weighted by atomic mass is 32.2. The first-order valence-corrected chi connectivity index (χ1v) is 10.3. The van der Waals surface area contributed by atoms with Gasteiger partial charge in [-0.1, -0.05) is 34.9 Å². The molecule has 6 nitrogen and oxygen atoms in total. The van der Waals surface area contributed by atoms with Crippen molar-refractivity contribution in [1.82, 2.24) is 20.4 Å². The van der Waals surface area contributed by atoms with Gasteiger partial charge in [0.1, 0.15) is 0 Å². The first kappa shape index (κ1) is 20.2. The minimum absolute atomic E-state index is 0.00823. The lowest BCUT2D eigenvalue weighted by atomic mass is 10.3. The summed E-state index contributed by atoms with van der Waals surface area (Å²) in [6.07, 6.45) is 0. The number of nitrogens with zero attached hydrogens (tertiary/aromatic N) is 3. The Bertz CT molecular complexity index is 518. The van der Waals surface area contributed by atoms with Gasteiger partial charge in [-0.3, -0.25) is 9.59 Å². The van der Waals surface area contributed by atoms with E-state index in [1.54, 1.807) is 4.90 Å². The quantitative estimate of drug-likeness (QED) is 0.668. The third-order valence-corrected chi connectivity index (χ3v) is 6.13. The molecule has 1 unspecified atom stereocenters. The number of carbonyl (C=O) groups is 2. The average molecular weight is 377 g/mol. The first-order valence-electron chi connectivity index (χ1n) is 7.58. The Labute approximate surface area is 150 Å². The molecular formula is C14H24N4O2S3. The largest absolute Gasteiger partial charge is 0.353 e. The molecule has 1 aromatic heterocycles. The molecule has 1 aromatic rings. The van der Waals surface area contributed by atoms with Gasteiger partial charge >= 0.3 is 0 Å². The van der Waals surface area contributed by atoms with E-state index in [-0.39, 0.29) is 23.1 Å². The van der Waals surface area contributed by atoms with Crippen molar-refractivity contribution in [2.75, 3.05) is 18.8 Å². The molecule has 1 atom stereocenters. The van der Waals surface area contributed by atoms with Gasteiger partial charge in [-0.25, -0.2) is 0 Å². The van der Waals surface area contributed by atoms with Crippen molar-refractivity contribution in [2.24, 2.45) is 0 Å². The number of thioether (sulfide) groups is 2. The highest BCUT2D eigenvalue weighted by Crippen LogP contribution is 2.31. The van der Waals surface area contributed by atoms with Gasteiger partial charge in [0.05, 0.1) is 11.0 Å². The summed E-state index contributed by atoms with van der Waals surface area (Å²) in [4.78, 5) is 25.6. The molecule has 0 radical (unpaired) electrons. The second kappa shape index (κ2) is 10.1. The lowest BCUT2D eigenvalue weighted by molar-refractivity contribution is -0.128. The molecule has 1 heterocycles. The minimum atomic E-state index is -0.222. The second-order valence-corrected chi connectivity index (χ2v) is 8.90. The normalized spacial score (nSPS) is 12.3. The Morgan fingerprint density at radius 1 is 1.17 bits per heavy atom. The predicted molar refractivity (Wildman–Crippen MR) is 97.2 cm³/mol. The van der Waals surface area contributed by atoms with Crippen molar-refractivity contribution in [3.63, 3.8) is 0 Å². The number of hydrogen-bond donors (Lipinski definition) is 1. The van der Waals surface area contributed by atoms with Crippen molar-refractivity contribution < 1.29 is 9.59 Å². The summed E-state index contributed by atoms with van der Waals surface area (Å²) in [6.45, 7) is 11.1. The van der Waals surface area contributed by atoms with E-state index in [1.165, 1.54) is 34.9 Å². The molecule has 1 N–H and O–H groups in total. The van der Waals surface area contributed by atoms with Gasteiger partial charge in [0, 0.05) is 19.1 Å². The molecule has 0 aliphatic heterocycles. The van der Waals surface area contributed by atoms with E-state index in [4.69, 9.17) is 0 Å². The number of nitrogens with one attached hydrogen (secondary N) is 1. The Morgan fingerprint density at radius 3 is 2.35 bits per heavy atom. The van der Waals surface area contributed by atoms with Crippen LogP contribution in [0.2, 0.25) is 0 Å². The molecule has 1 rings (SSSR count). The van der Waals surface area contributed by atoms with E-state index in [2.05, 4.69) is 15.5 Å². The summed E-state index contributed by atoms with van der Waals surface area (Å²) in [7, 11) is 0. The summed E-state index contributed by atoms with van der Waals surface area (Å²) >= 11 is 4.20. The average Bonchev–Trinajstić information content (AvgIpc) is 2.93. The molecule has 0 aliphatic carbocycles. The molecule has 0 bridgehead atoms. The zero-order chi connectivity index (χ0) is 17.4. The lowest BCUT2D eigenvalue weighted by Crippen LogP contribution is -2.35. The number of aromatic nitrogens is 2. The maximum absolute atomic E-state index is 12.0. The standard InChI is InChI=1S/C14H24N4O2S3/c1-6-18(7-2)11(19)8-21-13-16-17-14(23-13)22-10(5)12(20)15-9(3)4/h9-10H,6-8H2,1-5H3,(H,15,20). The van der Waals surface area contributed by atoms with Crippen molar-refractivity contribution in [2.45, 2.75) is 54.6 Å². The lowest BCUT2D eigenvalue weighted by Gasteiger charge is -2.17. The molecule has 0 aromatic carbocycles. The van der Waals surface area contributed by atoms with Crippen LogP contribution in [0, 0.1) is 0 Å². The second-order valence-electron chi connectivity index (χ2n) is 5.11. The van der Waals surface area contributed by atoms with Gasteiger partial charge in [0.15, 0.2) is 8.68 Å². The molecule has 2 amide bonds. The predicted octanol–water partition coefficient (Wildman–Crippen LogP) is 2.50. The molecule has 0 aliphatic rings. The highest BCUT2D eigenvalue weighted by molar-refractivity contribution is 8.04. The van der Waals surface area contributed by atoms with Gasteiger partial charge in [-0.05, 0) is 34.6 Å². The molecule has 130 valence electrons. The van der Waals surface area contributed by atoms with Crippen molar-refractivity contribution in [3.05, 3.63) is 0 Å². The summed E-state index contributed by atoms with van der Waals surface area (Å²) in [5, 5.41) is 10.8. The maximum atomic E-state index is 12.0. The van der Waals surface area contributed by atoms with Crippen molar-refractivity contribution in [3.8, 4) is 0 Å². The molecule has 0 spiro atoms. The van der Waals surface area contributed by atoms with E-state index in [9.17, 15) is 9.59 Å². The van der Waals surface area contributed by atoms with E-state index in [1.807, 2.05) is 34.6 Å². The van der Waals surface area contributed by atoms with E-state index < -0.39 is 0 Å². The van der Waals surface area contributed by atoms with Crippen LogP contribution in [0.15, 0.2) is 8.68 Å². The Morgan fingerprint density at radius 2 is 1.78 bits per heavy atom. The molecule has 0 saturated carbocycles. The van der Waals surface area contributed by atoms with Gasteiger partial charge in [0.25, 0.3) is 0 Å². The number of rotatable bonds is 9. The fourth-order valence-corrected chi connectivity index (χ4v) is 4.78. The summed E-state index contributed by atoms with van der Waals surface area (Å²) in [5.41, 5.74) is 0. The van der Waals surface area contributed by atoms with Crippen LogP contribution < -0.4 is 5.32 Å². The number of hydrogen-bond acceptors (Lipinski definition) is 7. The zero-order valence-electron chi connectivity index (χ0n) is 14.2. The van der Waals surface area contributed by atoms with Crippen molar-refractivity contribution >= 4 is 46.7 Å². The zero-order valence-corrected chi connectivity index (χ0v) is 16.6. The Hall–Kier alpha value is -0.800. The van der Waals surface area contributed by atoms with Crippen LogP contribution in [0.1, 0.15) is 34.6 Å². The number of amides is 2.